The summed E-state index contributed by atoms with van der Waals surface area (Å²) in [5, 5.41) is 4.33. The van der Waals surface area contributed by atoms with Crippen molar-refractivity contribution in [1.29, 1.82) is 0 Å². The van der Waals surface area contributed by atoms with Crippen molar-refractivity contribution < 1.29 is 4.74 Å². The van der Waals surface area contributed by atoms with Crippen LogP contribution in [0.1, 0.15) is 44.5 Å². The van der Waals surface area contributed by atoms with Gasteiger partial charge in [-0.05, 0) is 19.8 Å². The Hall–Kier alpha value is -0.720. The standard InChI is InChI=1S/C11H20N4OS/c1-8(16-2)9-13-10(17-15-9)14-11(7-12)5-3-4-6-11/h8H,3-7,12H2,1-2H3,(H,13,14,15). The summed E-state index contributed by atoms with van der Waals surface area (Å²) in [4.78, 5) is 4.45. The van der Waals surface area contributed by atoms with E-state index >= 15 is 0 Å². The molecule has 1 aromatic rings. The molecular formula is C11H20N4OS. The van der Waals surface area contributed by atoms with E-state index < -0.39 is 0 Å². The van der Waals surface area contributed by atoms with Gasteiger partial charge in [-0.1, -0.05) is 12.8 Å². The normalized spacial score (nSPS) is 20.4. The number of ether oxygens (including phenoxy) is 1. The van der Waals surface area contributed by atoms with Crippen LogP contribution in [0.2, 0.25) is 0 Å². The SMILES string of the molecule is COC(C)c1nsc(NC2(CN)CCCC2)n1. The molecular weight excluding hydrogens is 236 g/mol. The summed E-state index contributed by atoms with van der Waals surface area (Å²) in [6, 6.07) is 0. The van der Waals surface area contributed by atoms with Crippen LogP contribution >= 0.6 is 11.5 Å². The van der Waals surface area contributed by atoms with Crippen LogP contribution in [0.15, 0.2) is 0 Å². The van der Waals surface area contributed by atoms with Crippen LogP contribution in [0.5, 0.6) is 0 Å². The van der Waals surface area contributed by atoms with Crippen molar-refractivity contribution in [1.82, 2.24) is 9.36 Å². The zero-order valence-electron chi connectivity index (χ0n) is 10.4. The Labute approximate surface area is 106 Å². The summed E-state index contributed by atoms with van der Waals surface area (Å²) in [6.45, 7) is 2.60. The fourth-order valence-electron chi connectivity index (χ4n) is 2.21. The van der Waals surface area contributed by atoms with E-state index in [2.05, 4.69) is 14.7 Å². The number of hydrogen-bond acceptors (Lipinski definition) is 6. The summed E-state index contributed by atoms with van der Waals surface area (Å²) in [7, 11) is 1.66. The van der Waals surface area contributed by atoms with Crippen molar-refractivity contribution in [3.05, 3.63) is 5.82 Å². The van der Waals surface area contributed by atoms with Gasteiger partial charge >= 0.3 is 0 Å². The Balaban J connectivity index is 2.05. The lowest BCUT2D eigenvalue weighted by Crippen LogP contribution is -2.42. The van der Waals surface area contributed by atoms with Crippen LogP contribution < -0.4 is 11.1 Å². The lowest BCUT2D eigenvalue weighted by molar-refractivity contribution is 0.113. The van der Waals surface area contributed by atoms with Gasteiger partial charge in [-0.15, -0.1) is 0 Å². The number of nitrogens with zero attached hydrogens (tertiary/aromatic N) is 2. The van der Waals surface area contributed by atoms with Crippen molar-refractivity contribution >= 4 is 16.7 Å². The molecule has 1 aromatic heterocycles. The molecule has 17 heavy (non-hydrogen) atoms. The van der Waals surface area contributed by atoms with Gasteiger partial charge in [0.05, 0.1) is 5.54 Å². The molecule has 1 atom stereocenters. The molecule has 6 heteroatoms. The highest BCUT2D eigenvalue weighted by molar-refractivity contribution is 7.09. The molecule has 1 aliphatic carbocycles. The highest BCUT2D eigenvalue weighted by atomic mass is 32.1. The minimum atomic E-state index is -0.0563. The summed E-state index contributed by atoms with van der Waals surface area (Å²) in [5.41, 5.74) is 5.91. The second-order valence-corrected chi connectivity index (χ2v) is 5.40. The van der Waals surface area contributed by atoms with E-state index in [1.807, 2.05) is 6.92 Å². The van der Waals surface area contributed by atoms with E-state index in [4.69, 9.17) is 10.5 Å². The zero-order chi connectivity index (χ0) is 12.3. The Bertz CT molecular complexity index is 362. The first-order chi connectivity index (χ1) is 8.19. The monoisotopic (exact) mass is 256 g/mol. The van der Waals surface area contributed by atoms with Crippen LogP contribution in [-0.2, 0) is 4.74 Å². The average molecular weight is 256 g/mol. The fraction of sp³-hybridized carbons (Fsp3) is 0.818. The largest absolute Gasteiger partial charge is 0.374 e. The highest BCUT2D eigenvalue weighted by Gasteiger charge is 2.33. The number of nitrogens with one attached hydrogen (secondary N) is 1. The molecule has 0 saturated heterocycles. The van der Waals surface area contributed by atoms with Crippen molar-refractivity contribution in [2.24, 2.45) is 5.73 Å². The molecule has 5 nitrogen and oxygen atoms in total. The third-order valence-corrected chi connectivity index (χ3v) is 4.13. The molecule has 1 unspecified atom stereocenters. The maximum atomic E-state index is 5.88. The van der Waals surface area contributed by atoms with Crippen LogP contribution in [0, 0.1) is 0 Å². The molecule has 1 fully saturated rings. The van der Waals surface area contributed by atoms with Gasteiger partial charge in [-0.3, -0.25) is 0 Å². The summed E-state index contributed by atoms with van der Waals surface area (Å²) in [6.07, 6.45) is 4.67. The van der Waals surface area contributed by atoms with Gasteiger partial charge in [0.25, 0.3) is 0 Å². The number of hydrogen-bond donors (Lipinski definition) is 2. The molecule has 0 aromatic carbocycles. The predicted molar refractivity (Wildman–Crippen MR) is 69.2 cm³/mol. The van der Waals surface area contributed by atoms with E-state index in [-0.39, 0.29) is 11.6 Å². The van der Waals surface area contributed by atoms with E-state index in [9.17, 15) is 0 Å². The Kier molecular flexibility index (Phi) is 3.96. The second kappa shape index (κ2) is 5.29. The van der Waals surface area contributed by atoms with Gasteiger partial charge in [-0.2, -0.15) is 4.37 Å². The van der Waals surface area contributed by atoms with Crippen molar-refractivity contribution in [2.75, 3.05) is 19.0 Å². The molecule has 3 N–H and O–H groups in total. The van der Waals surface area contributed by atoms with Gasteiger partial charge in [0, 0.05) is 25.2 Å². The van der Waals surface area contributed by atoms with E-state index in [1.165, 1.54) is 24.4 Å². The molecule has 0 bridgehead atoms. The second-order valence-electron chi connectivity index (χ2n) is 4.65. The number of rotatable bonds is 5. The van der Waals surface area contributed by atoms with Crippen LogP contribution in [0.4, 0.5) is 5.13 Å². The smallest absolute Gasteiger partial charge is 0.203 e. The van der Waals surface area contributed by atoms with Crippen LogP contribution in [0.25, 0.3) is 0 Å². The number of methoxy groups -OCH3 is 1. The quantitative estimate of drug-likeness (QED) is 0.842. The lowest BCUT2D eigenvalue weighted by Gasteiger charge is -2.28. The average Bonchev–Trinajstić information content (AvgIpc) is 2.98. The number of aromatic nitrogens is 2. The van der Waals surface area contributed by atoms with Crippen LogP contribution in [-0.4, -0.2) is 28.6 Å². The Morgan fingerprint density at radius 2 is 2.24 bits per heavy atom. The molecule has 96 valence electrons. The maximum absolute atomic E-state index is 5.88. The first-order valence-corrected chi connectivity index (χ1v) is 6.81. The first kappa shape index (κ1) is 12.7. The molecule has 0 amide bonds. The molecule has 0 spiro atoms. The molecule has 1 aliphatic rings. The molecule has 0 radical (unpaired) electrons. The molecule has 1 heterocycles. The minimum absolute atomic E-state index is 0.0348. The zero-order valence-corrected chi connectivity index (χ0v) is 11.2. The van der Waals surface area contributed by atoms with Gasteiger partial charge in [0.1, 0.15) is 6.10 Å². The summed E-state index contributed by atoms with van der Waals surface area (Å²) < 4.78 is 9.50. The van der Waals surface area contributed by atoms with Gasteiger partial charge in [0.15, 0.2) is 5.82 Å². The molecule has 0 aliphatic heterocycles. The Morgan fingerprint density at radius 1 is 1.53 bits per heavy atom. The van der Waals surface area contributed by atoms with Crippen LogP contribution in [0.3, 0.4) is 0 Å². The van der Waals surface area contributed by atoms with Gasteiger partial charge in [-0.25, -0.2) is 4.98 Å². The number of anilines is 1. The number of nitrogens with two attached hydrogens (primary N) is 1. The van der Waals surface area contributed by atoms with Crippen molar-refractivity contribution in [2.45, 2.75) is 44.2 Å². The van der Waals surface area contributed by atoms with Gasteiger partial charge < -0.3 is 15.8 Å². The van der Waals surface area contributed by atoms with E-state index in [0.717, 1.165) is 23.8 Å². The minimum Gasteiger partial charge on any atom is -0.374 e. The third-order valence-electron chi connectivity index (χ3n) is 3.48. The summed E-state index contributed by atoms with van der Waals surface area (Å²) in [5.74, 6) is 0.741. The van der Waals surface area contributed by atoms with E-state index in [1.54, 1.807) is 7.11 Å². The van der Waals surface area contributed by atoms with Crippen molar-refractivity contribution in [3.8, 4) is 0 Å². The topological polar surface area (TPSA) is 73.1 Å². The highest BCUT2D eigenvalue weighted by Crippen LogP contribution is 2.33. The van der Waals surface area contributed by atoms with E-state index in [0.29, 0.717) is 6.54 Å². The maximum Gasteiger partial charge on any atom is 0.203 e. The predicted octanol–water partition coefficient (Wildman–Crippen LogP) is 1.93. The first-order valence-electron chi connectivity index (χ1n) is 6.04. The Morgan fingerprint density at radius 3 is 2.82 bits per heavy atom. The molecule has 1 saturated carbocycles. The lowest BCUT2D eigenvalue weighted by atomic mass is 9.98. The van der Waals surface area contributed by atoms with Gasteiger partial charge in [0.2, 0.25) is 5.13 Å². The fourth-order valence-corrected chi connectivity index (χ4v) is 2.98. The summed E-state index contributed by atoms with van der Waals surface area (Å²) >= 11 is 1.39. The molecule has 2 rings (SSSR count). The third kappa shape index (κ3) is 2.75. The van der Waals surface area contributed by atoms with Crippen molar-refractivity contribution in [3.63, 3.8) is 0 Å².